The van der Waals surface area contributed by atoms with Crippen LogP contribution < -0.4 is 5.32 Å². The molecule has 0 fully saturated rings. The van der Waals surface area contributed by atoms with Gasteiger partial charge in [0.05, 0.1) is 10.6 Å². The molecule has 0 saturated carbocycles. The van der Waals surface area contributed by atoms with Crippen molar-refractivity contribution in [3.8, 4) is 11.3 Å². The summed E-state index contributed by atoms with van der Waals surface area (Å²) in [5.41, 5.74) is 1.98. The summed E-state index contributed by atoms with van der Waals surface area (Å²) in [4.78, 5) is 12.4. The molecule has 0 aliphatic rings. The quantitative estimate of drug-likeness (QED) is 0.708. The van der Waals surface area contributed by atoms with Gasteiger partial charge in [-0.15, -0.1) is 0 Å². The largest absolute Gasteiger partial charge is 0.354 e. The van der Waals surface area contributed by atoms with Crippen molar-refractivity contribution in [2.24, 2.45) is 0 Å². The summed E-state index contributed by atoms with van der Waals surface area (Å²) >= 11 is 12.0. The van der Waals surface area contributed by atoms with Crippen LogP contribution in [-0.4, -0.2) is 11.1 Å². The maximum absolute atomic E-state index is 12.4. The minimum absolute atomic E-state index is 0.310. The van der Waals surface area contributed by atoms with Gasteiger partial charge in [-0.3, -0.25) is 4.79 Å². The molecule has 0 aliphatic heterocycles. The summed E-state index contributed by atoms with van der Waals surface area (Å²) in [6, 6.07) is 14.1. The van der Waals surface area contributed by atoms with Crippen LogP contribution in [0.1, 0.15) is 15.9 Å². The topological polar surface area (TPSA) is 55.1 Å². The number of nitrogens with one attached hydrogen (secondary N) is 1. The van der Waals surface area contributed by atoms with Crippen molar-refractivity contribution in [1.82, 2.24) is 5.16 Å². The van der Waals surface area contributed by atoms with E-state index in [4.69, 9.17) is 27.7 Å². The van der Waals surface area contributed by atoms with Gasteiger partial charge in [0.1, 0.15) is 0 Å². The molecule has 1 N–H and O–H groups in total. The summed E-state index contributed by atoms with van der Waals surface area (Å²) in [6.07, 6.45) is 0. The lowest BCUT2D eigenvalue weighted by Gasteiger charge is -2.06. The molecular weight excluding hydrogens is 335 g/mol. The van der Waals surface area contributed by atoms with Crippen LogP contribution in [0.4, 0.5) is 5.82 Å². The van der Waals surface area contributed by atoms with Gasteiger partial charge in [-0.1, -0.05) is 52.6 Å². The standard InChI is InChI=1S/C17H12Cl2N2O2/c1-10-4-2-7-13(19)16(10)17(22)20-15-9-14(23-21-15)11-5-3-6-12(18)8-11/h2-9H,1H3,(H,20,21,22). The van der Waals surface area contributed by atoms with Crippen LogP contribution in [0, 0.1) is 6.92 Å². The third-order valence-electron chi connectivity index (χ3n) is 3.31. The van der Waals surface area contributed by atoms with Gasteiger partial charge in [0.15, 0.2) is 11.6 Å². The maximum Gasteiger partial charge on any atom is 0.258 e. The van der Waals surface area contributed by atoms with Crippen molar-refractivity contribution in [3.05, 3.63) is 69.7 Å². The highest BCUT2D eigenvalue weighted by Crippen LogP contribution is 2.26. The zero-order valence-electron chi connectivity index (χ0n) is 12.1. The number of aryl methyl sites for hydroxylation is 1. The lowest BCUT2D eigenvalue weighted by molar-refractivity contribution is 0.102. The number of aromatic nitrogens is 1. The second-order valence-electron chi connectivity index (χ2n) is 4.97. The Bertz CT molecular complexity index is 854. The summed E-state index contributed by atoms with van der Waals surface area (Å²) < 4.78 is 5.25. The van der Waals surface area contributed by atoms with Crippen molar-refractivity contribution < 1.29 is 9.32 Å². The van der Waals surface area contributed by atoms with Crippen molar-refractivity contribution in [2.45, 2.75) is 6.92 Å². The average Bonchev–Trinajstić information content (AvgIpc) is 2.95. The highest BCUT2D eigenvalue weighted by molar-refractivity contribution is 6.34. The lowest BCUT2D eigenvalue weighted by Crippen LogP contribution is -2.14. The van der Waals surface area contributed by atoms with E-state index in [0.29, 0.717) is 27.2 Å². The smallest absolute Gasteiger partial charge is 0.258 e. The molecule has 0 spiro atoms. The number of carbonyl (C=O) groups is 1. The fourth-order valence-electron chi connectivity index (χ4n) is 2.21. The molecule has 0 unspecified atom stereocenters. The predicted molar refractivity (Wildman–Crippen MR) is 91.1 cm³/mol. The molecule has 1 amide bonds. The molecule has 6 heteroatoms. The Labute approximate surface area is 143 Å². The summed E-state index contributed by atoms with van der Waals surface area (Å²) in [5.74, 6) is 0.488. The third kappa shape index (κ3) is 3.38. The Morgan fingerprint density at radius 3 is 2.65 bits per heavy atom. The first kappa shape index (κ1) is 15.6. The average molecular weight is 347 g/mol. The molecule has 2 aromatic carbocycles. The van der Waals surface area contributed by atoms with Crippen molar-refractivity contribution in [3.63, 3.8) is 0 Å². The van der Waals surface area contributed by atoms with Gasteiger partial charge in [0.25, 0.3) is 5.91 Å². The second-order valence-corrected chi connectivity index (χ2v) is 5.82. The van der Waals surface area contributed by atoms with E-state index in [1.54, 1.807) is 30.3 Å². The zero-order valence-corrected chi connectivity index (χ0v) is 13.7. The van der Waals surface area contributed by atoms with Gasteiger partial charge in [-0.05, 0) is 30.7 Å². The molecule has 0 radical (unpaired) electrons. The van der Waals surface area contributed by atoms with Gasteiger partial charge < -0.3 is 9.84 Å². The van der Waals surface area contributed by atoms with Gasteiger partial charge in [-0.2, -0.15) is 0 Å². The number of benzene rings is 2. The number of halogens is 2. The number of nitrogens with zero attached hydrogens (tertiary/aromatic N) is 1. The van der Waals surface area contributed by atoms with E-state index in [-0.39, 0.29) is 5.91 Å². The number of hydrogen-bond acceptors (Lipinski definition) is 3. The highest BCUT2D eigenvalue weighted by atomic mass is 35.5. The first-order valence-electron chi connectivity index (χ1n) is 6.84. The summed E-state index contributed by atoms with van der Waals surface area (Å²) in [6.45, 7) is 1.82. The fourth-order valence-corrected chi connectivity index (χ4v) is 2.71. The van der Waals surface area contributed by atoms with Gasteiger partial charge >= 0.3 is 0 Å². The Morgan fingerprint density at radius 1 is 1.13 bits per heavy atom. The van der Waals surface area contributed by atoms with E-state index in [9.17, 15) is 4.79 Å². The Hall–Kier alpha value is -2.30. The van der Waals surface area contributed by atoms with Crippen LogP contribution in [0.5, 0.6) is 0 Å². The van der Waals surface area contributed by atoms with E-state index >= 15 is 0 Å². The Kier molecular flexibility index (Phi) is 4.37. The molecule has 0 aliphatic carbocycles. The predicted octanol–water partition coefficient (Wildman–Crippen LogP) is 5.21. The highest BCUT2D eigenvalue weighted by Gasteiger charge is 2.15. The number of hydrogen-bond donors (Lipinski definition) is 1. The van der Waals surface area contributed by atoms with E-state index < -0.39 is 0 Å². The first-order chi connectivity index (χ1) is 11.0. The number of rotatable bonds is 3. The minimum Gasteiger partial charge on any atom is -0.354 e. The van der Waals surface area contributed by atoms with Crippen LogP contribution in [0.25, 0.3) is 11.3 Å². The Morgan fingerprint density at radius 2 is 1.91 bits per heavy atom. The molecule has 3 aromatic rings. The molecule has 1 aromatic heterocycles. The SMILES string of the molecule is Cc1cccc(Cl)c1C(=O)Nc1cc(-c2cccc(Cl)c2)on1. The fraction of sp³-hybridized carbons (Fsp3) is 0.0588. The van der Waals surface area contributed by atoms with Gasteiger partial charge in [-0.25, -0.2) is 0 Å². The van der Waals surface area contributed by atoms with Crippen LogP contribution in [-0.2, 0) is 0 Å². The first-order valence-corrected chi connectivity index (χ1v) is 7.59. The monoisotopic (exact) mass is 346 g/mol. The summed E-state index contributed by atoms with van der Waals surface area (Å²) in [5, 5.41) is 7.52. The molecule has 3 rings (SSSR count). The van der Waals surface area contributed by atoms with Gasteiger partial charge in [0, 0.05) is 16.7 Å². The molecule has 0 atom stereocenters. The minimum atomic E-state index is -0.334. The lowest BCUT2D eigenvalue weighted by atomic mass is 10.1. The van der Waals surface area contributed by atoms with E-state index in [1.807, 2.05) is 25.1 Å². The summed E-state index contributed by atoms with van der Waals surface area (Å²) in [7, 11) is 0. The van der Waals surface area contributed by atoms with E-state index in [1.165, 1.54) is 0 Å². The van der Waals surface area contributed by atoms with Crippen molar-refractivity contribution >= 4 is 34.9 Å². The molecule has 23 heavy (non-hydrogen) atoms. The maximum atomic E-state index is 12.4. The molecule has 1 heterocycles. The van der Waals surface area contributed by atoms with Crippen molar-refractivity contribution in [2.75, 3.05) is 5.32 Å². The van der Waals surface area contributed by atoms with Crippen LogP contribution in [0.2, 0.25) is 10.0 Å². The van der Waals surface area contributed by atoms with Gasteiger partial charge in [0.2, 0.25) is 0 Å². The van der Waals surface area contributed by atoms with Crippen LogP contribution >= 0.6 is 23.2 Å². The molecule has 4 nitrogen and oxygen atoms in total. The van der Waals surface area contributed by atoms with E-state index in [2.05, 4.69) is 10.5 Å². The number of anilines is 1. The third-order valence-corrected chi connectivity index (χ3v) is 3.86. The second kappa shape index (κ2) is 6.44. The van der Waals surface area contributed by atoms with Crippen LogP contribution in [0.15, 0.2) is 53.1 Å². The van der Waals surface area contributed by atoms with E-state index in [0.717, 1.165) is 11.1 Å². The number of carbonyl (C=O) groups excluding carboxylic acids is 1. The number of amides is 1. The molecule has 0 saturated heterocycles. The zero-order chi connectivity index (χ0) is 16.4. The molecular formula is C17H12Cl2N2O2. The molecule has 116 valence electrons. The van der Waals surface area contributed by atoms with Crippen LogP contribution in [0.3, 0.4) is 0 Å². The van der Waals surface area contributed by atoms with Crippen molar-refractivity contribution in [1.29, 1.82) is 0 Å². The Balaban J connectivity index is 1.83. The normalized spacial score (nSPS) is 10.6. The molecule has 0 bridgehead atoms.